The highest BCUT2D eigenvalue weighted by Gasteiger charge is 2.42. The number of allylic oxidation sites excluding steroid dienone is 2. The first-order valence-corrected chi connectivity index (χ1v) is 6.74. The number of aromatic hydroxyl groups is 2. The Kier molecular flexibility index (Phi) is 4.16. The second-order valence-corrected chi connectivity index (χ2v) is 5.03. The van der Waals surface area contributed by atoms with Gasteiger partial charge in [0.1, 0.15) is 16.9 Å². The third-order valence-electron chi connectivity index (χ3n) is 3.63. The Bertz CT molecular complexity index is 844. The first-order valence-electron chi connectivity index (χ1n) is 6.74. The Morgan fingerprint density at radius 2 is 1.38 bits per heavy atom. The summed E-state index contributed by atoms with van der Waals surface area (Å²) in [5, 5.41) is 20.6. The molecule has 2 N–H and O–H groups in total. The molecule has 1 aromatic carbocycles. The van der Waals surface area contributed by atoms with Crippen molar-refractivity contribution in [3.05, 3.63) is 28.0 Å². The lowest BCUT2D eigenvalue weighted by atomic mass is 9.83. The van der Waals surface area contributed by atoms with Gasteiger partial charge >= 0.3 is 0 Å². The minimum Gasteiger partial charge on any atom is -0.506 e. The quantitative estimate of drug-likeness (QED) is 0.477. The summed E-state index contributed by atoms with van der Waals surface area (Å²) in [5.74, 6) is -6.06. The molecular formula is C16H14O8. The molecule has 8 nitrogen and oxygen atoms in total. The number of hydrogen-bond acceptors (Lipinski definition) is 8. The molecule has 8 heteroatoms. The average molecular weight is 334 g/mol. The minimum atomic E-state index is -1.02. The number of phenolic OH excluding ortho intramolecular Hbond substituents is 2. The van der Waals surface area contributed by atoms with Crippen molar-refractivity contribution in [1.29, 1.82) is 0 Å². The zero-order valence-electron chi connectivity index (χ0n) is 13.3. The number of ketones is 4. The summed E-state index contributed by atoms with van der Waals surface area (Å²) in [4.78, 5) is 48.6. The Labute approximate surface area is 136 Å². The van der Waals surface area contributed by atoms with Crippen molar-refractivity contribution >= 4 is 23.1 Å². The van der Waals surface area contributed by atoms with Crippen LogP contribution in [0.1, 0.15) is 44.9 Å². The third kappa shape index (κ3) is 2.15. The van der Waals surface area contributed by atoms with E-state index in [4.69, 9.17) is 9.47 Å². The Hall–Kier alpha value is -3.16. The molecule has 1 aliphatic carbocycles. The van der Waals surface area contributed by atoms with Crippen molar-refractivity contribution < 1.29 is 38.9 Å². The minimum absolute atomic E-state index is 0.443. The molecule has 24 heavy (non-hydrogen) atoms. The second kappa shape index (κ2) is 5.80. The number of carbonyl (C=O) groups is 4. The van der Waals surface area contributed by atoms with E-state index in [1.54, 1.807) is 0 Å². The summed E-state index contributed by atoms with van der Waals surface area (Å²) in [5.41, 5.74) is -2.24. The molecule has 0 spiro atoms. The lowest BCUT2D eigenvalue weighted by molar-refractivity contribution is -0.113. The lowest BCUT2D eigenvalue weighted by Crippen LogP contribution is -2.27. The highest BCUT2D eigenvalue weighted by atomic mass is 16.5. The van der Waals surface area contributed by atoms with Gasteiger partial charge in [-0.3, -0.25) is 19.2 Å². The van der Waals surface area contributed by atoms with E-state index < -0.39 is 68.4 Å². The van der Waals surface area contributed by atoms with Crippen molar-refractivity contribution in [3.8, 4) is 17.2 Å². The van der Waals surface area contributed by atoms with Crippen molar-refractivity contribution in [2.75, 3.05) is 14.2 Å². The molecule has 0 saturated heterocycles. The van der Waals surface area contributed by atoms with Crippen molar-refractivity contribution in [3.63, 3.8) is 0 Å². The number of methoxy groups -OCH3 is 2. The van der Waals surface area contributed by atoms with Crippen molar-refractivity contribution in [2.24, 2.45) is 0 Å². The molecular weight excluding hydrogens is 320 g/mol. The van der Waals surface area contributed by atoms with Gasteiger partial charge in [0.15, 0.2) is 28.8 Å². The van der Waals surface area contributed by atoms with Gasteiger partial charge in [-0.2, -0.15) is 0 Å². The summed E-state index contributed by atoms with van der Waals surface area (Å²) in [6.07, 6.45) is 0. The number of carbonyl (C=O) groups excluding carboxylic acids is 4. The van der Waals surface area contributed by atoms with Gasteiger partial charge in [-0.1, -0.05) is 0 Å². The maximum Gasteiger partial charge on any atom is 0.233 e. The standard InChI is InChI=1S/C16H14O8/c1-5(17)7-11(19)9-10(13(21)15(7)23-3)14(22)16(24-4)8(6(2)18)12(9)20/h19,21H,1-4H3. The van der Waals surface area contributed by atoms with Crippen LogP contribution >= 0.6 is 0 Å². The van der Waals surface area contributed by atoms with E-state index in [-0.39, 0.29) is 0 Å². The topological polar surface area (TPSA) is 127 Å². The molecule has 0 unspecified atom stereocenters. The number of rotatable bonds is 4. The number of benzene rings is 1. The average Bonchev–Trinajstić information content (AvgIpc) is 2.50. The molecule has 1 aromatic rings. The van der Waals surface area contributed by atoms with Crippen LogP contribution in [0, 0.1) is 0 Å². The van der Waals surface area contributed by atoms with Gasteiger partial charge < -0.3 is 19.7 Å². The molecule has 0 heterocycles. The zero-order valence-corrected chi connectivity index (χ0v) is 13.3. The van der Waals surface area contributed by atoms with Gasteiger partial charge in [0.25, 0.3) is 0 Å². The molecule has 0 aliphatic heterocycles. The number of fused-ring (bicyclic) bond motifs is 1. The molecule has 0 fully saturated rings. The molecule has 0 bridgehead atoms. The normalized spacial score (nSPS) is 13.7. The van der Waals surface area contributed by atoms with Gasteiger partial charge in [0, 0.05) is 0 Å². The van der Waals surface area contributed by atoms with Crippen LogP contribution in [0.25, 0.3) is 0 Å². The third-order valence-corrected chi connectivity index (χ3v) is 3.63. The Morgan fingerprint density at radius 1 is 0.833 bits per heavy atom. The van der Waals surface area contributed by atoms with Gasteiger partial charge in [-0.05, 0) is 13.8 Å². The van der Waals surface area contributed by atoms with E-state index in [1.807, 2.05) is 0 Å². The predicted molar refractivity (Wildman–Crippen MR) is 79.7 cm³/mol. The molecule has 1 aliphatic rings. The fourth-order valence-electron chi connectivity index (χ4n) is 2.64. The Balaban J connectivity index is 3.01. The van der Waals surface area contributed by atoms with E-state index in [9.17, 15) is 29.4 Å². The SMILES string of the molecule is COC1=C(C(C)=O)C(=O)c2c(O)c(C(C)=O)c(OC)c(O)c2C1=O. The van der Waals surface area contributed by atoms with E-state index in [1.165, 1.54) is 0 Å². The van der Waals surface area contributed by atoms with Crippen LogP contribution in [0.5, 0.6) is 17.2 Å². The maximum atomic E-state index is 12.6. The first-order chi connectivity index (χ1) is 11.2. The summed E-state index contributed by atoms with van der Waals surface area (Å²) in [7, 11) is 2.21. The van der Waals surface area contributed by atoms with Crippen molar-refractivity contribution in [2.45, 2.75) is 13.8 Å². The second-order valence-electron chi connectivity index (χ2n) is 5.03. The van der Waals surface area contributed by atoms with Crippen LogP contribution < -0.4 is 4.74 Å². The first kappa shape index (κ1) is 17.2. The highest BCUT2D eigenvalue weighted by Crippen LogP contribution is 2.47. The van der Waals surface area contributed by atoms with Crippen LogP contribution in [0.2, 0.25) is 0 Å². The smallest absolute Gasteiger partial charge is 0.233 e. The molecule has 2 rings (SSSR count). The van der Waals surface area contributed by atoms with Crippen molar-refractivity contribution in [1.82, 2.24) is 0 Å². The lowest BCUT2D eigenvalue weighted by Gasteiger charge is -2.23. The largest absolute Gasteiger partial charge is 0.506 e. The monoisotopic (exact) mass is 334 g/mol. The Morgan fingerprint density at radius 3 is 1.79 bits per heavy atom. The van der Waals surface area contributed by atoms with E-state index in [0.717, 1.165) is 28.1 Å². The molecule has 0 amide bonds. The van der Waals surface area contributed by atoms with Crippen LogP contribution in [0.4, 0.5) is 0 Å². The summed E-state index contributed by atoms with van der Waals surface area (Å²) in [6.45, 7) is 2.14. The fourth-order valence-corrected chi connectivity index (χ4v) is 2.64. The molecule has 0 radical (unpaired) electrons. The van der Waals surface area contributed by atoms with Gasteiger partial charge in [-0.15, -0.1) is 0 Å². The number of Topliss-reactive ketones (excluding diaryl/α,β-unsaturated/α-hetero) is 4. The van der Waals surface area contributed by atoms with Crippen LogP contribution in [-0.4, -0.2) is 47.6 Å². The van der Waals surface area contributed by atoms with Crippen LogP contribution in [-0.2, 0) is 9.53 Å². The van der Waals surface area contributed by atoms with Gasteiger partial charge in [0.2, 0.25) is 11.6 Å². The summed E-state index contributed by atoms with van der Waals surface area (Å²) in [6, 6.07) is 0. The van der Waals surface area contributed by atoms with E-state index in [2.05, 4.69) is 0 Å². The fraction of sp³-hybridized carbons (Fsp3) is 0.250. The predicted octanol–water partition coefficient (Wildman–Crippen LogP) is 1.18. The van der Waals surface area contributed by atoms with Gasteiger partial charge in [-0.25, -0.2) is 0 Å². The number of phenols is 2. The van der Waals surface area contributed by atoms with E-state index >= 15 is 0 Å². The molecule has 0 saturated carbocycles. The van der Waals surface area contributed by atoms with E-state index in [0.29, 0.717) is 0 Å². The summed E-state index contributed by atoms with van der Waals surface area (Å²) >= 11 is 0. The molecule has 0 aromatic heterocycles. The molecule has 0 atom stereocenters. The van der Waals surface area contributed by atoms with Crippen LogP contribution in [0.3, 0.4) is 0 Å². The zero-order chi connectivity index (χ0) is 18.3. The number of hydrogen-bond donors (Lipinski definition) is 2. The van der Waals surface area contributed by atoms with Gasteiger partial charge in [0.05, 0.1) is 25.3 Å². The molecule has 126 valence electrons. The summed E-state index contributed by atoms with van der Waals surface area (Å²) < 4.78 is 9.73. The highest BCUT2D eigenvalue weighted by molar-refractivity contribution is 6.37. The number of ether oxygens (including phenoxy) is 2. The maximum absolute atomic E-state index is 12.6. The van der Waals surface area contributed by atoms with Crippen LogP contribution in [0.15, 0.2) is 11.3 Å².